The van der Waals surface area contributed by atoms with Gasteiger partial charge >= 0.3 is 6.18 Å². The van der Waals surface area contributed by atoms with E-state index in [0.29, 0.717) is 10.7 Å². The third-order valence-corrected chi connectivity index (χ3v) is 3.46. The van der Waals surface area contributed by atoms with Gasteiger partial charge < -0.3 is 10.2 Å². The quantitative estimate of drug-likeness (QED) is 0.838. The Morgan fingerprint density at radius 3 is 2.50 bits per heavy atom. The molecule has 2 nitrogen and oxygen atoms in total. The number of hydrogen-bond acceptors (Lipinski definition) is 2. The molecule has 0 aliphatic rings. The van der Waals surface area contributed by atoms with Crippen LogP contribution in [0, 0.1) is 0 Å². The topological polar surface area (TPSA) is 15.3 Å². The molecule has 0 radical (unpaired) electrons. The number of nitrogens with zero attached hydrogens (tertiary/aromatic N) is 1. The van der Waals surface area contributed by atoms with Gasteiger partial charge in [-0.05, 0) is 31.2 Å². The van der Waals surface area contributed by atoms with Crippen LogP contribution in [0.5, 0.6) is 0 Å². The highest BCUT2D eigenvalue weighted by molar-refractivity contribution is 6.31. The minimum absolute atomic E-state index is 0.0814. The highest BCUT2D eigenvalue weighted by Gasteiger charge is 2.27. The fourth-order valence-corrected chi connectivity index (χ4v) is 2.28. The predicted molar refractivity (Wildman–Crippen MR) is 77.5 cm³/mol. The Labute approximate surface area is 122 Å². The van der Waals surface area contributed by atoms with Crippen molar-refractivity contribution in [1.82, 2.24) is 5.32 Å². The van der Waals surface area contributed by atoms with Crippen LogP contribution in [-0.4, -0.2) is 26.3 Å². The van der Waals surface area contributed by atoms with E-state index in [-0.39, 0.29) is 12.6 Å². The van der Waals surface area contributed by atoms with Gasteiger partial charge in [-0.25, -0.2) is 0 Å². The number of nitrogens with one attached hydrogen (secondary N) is 1. The van der Waals surface area contributed by atoms with Gasteiger partial charge in [0, 0.05) is 30.3 Å². The summed E-state index contributed by atoms with van der Waals surface area (Å²) < 4.78 is 36.6. The summed E-state index contributed by atoms with van der Waals surface area (Å²) in [6.45, 7) is 4.74. The van der Waals surface area contributed by atoms with Crippen LogP contribution in [0.3, 0.4) is 0 Å². The minimum Gasteiger partial charge on any atom is -0.374 e. The maximum absolute atomic E-state index is 12.2. The molecule has 0 saturated heterocycles. The van der Waals surface area contributed by atoms with Gasteiger partial charge in [-0.2, -0.15) is 13.2 Å². The molecule has 0 bridgehead atoms. The summed E-state index contributed by atoms with van der Waals surface area (Å²) in [4.78, 5) is 1.56. The third-order valence-electron chi connectivity index (χ3n) is 3.13. The molecular formula is C14H20ClF3N2. The first-order valence-electron chi connectivity index (χ1n) is 6.55. The molecule has 0 aliphatic heterocycles. The zero-order valence-electron chi connectivity index (χ0n) is 11.9. The molecule has 0 saturated carbocycles. The Morgan fingerprint density at radius 1 is 1.35 bits per heavy atom. The summed E-state index contributed by atoms with van der Waals surface area (Å²) in [6, 6.07) is 5.48. The van der Waals surface area contributed by atoms with E-state index in [1.165, 1.54) is 0 Å². The molecule has 0 aliphatic carbocycles. The lowest BCUT2D eigenvalue weighted by Gasteiger charge is -2.22. The average molecular weight is 309 g/mol. The van der Waals surface area contributed by atoms with Crippen LogP contribution >= 0.6 is 11.6 Å². The van der Waals surface area contributed by atoms with Crippen molar-refractivity contribution in [3.8, 4) is 0 Å². The summed E-state index contributed by atoms with van der Waals surface area (Å²) in [7, 11) is 1.63. The molecule has 1 rings (SSSR count). The van der Waals surface area contributed by atoms with Crippen molar-refractivity contribution in [2.45, 2.75) is 32.5 Å². The molecule has 20 heavy (non-hydrogen) atoms. The van der Waals surface area contributed by atoms with E-state index in [9.17, 15) is 13.2 Å². The van der Waals surface area contributed by atoms with Crippen molar-refractivity contribution in [3.63, 3.8) is 0 Å². The van der Waals surface area contributed by atoms with E-state index in [1.54, 1.807) is 24.1 Å². The van der Waals surface area contributed by atoms with Gasteiger partial charge in [0.1, 0.15) is 0 Å². The lowest BCUT2D eigenvalue weighted by Crippen LogP contribution is -2.24. The average Bonchev–Trinajstić information content (AvgIpc) is 2.35. The summed E-state index contributed by atoms with van der Waals surface area (Å²) in [6.07, 6.45) is -4.98. The first kappa shape index (κ1) is 17.1. The fourth-order valence-electron chi connectivity index (χ4n) is 1.94. The molecule has 114 valence electrons. The summed E-state index contributed by atoms with van der Waals surface area (Å²) >= 11 is 6.21. The summed E-state index contributed by atoms with van der Waals surface area (Å²) in [5.74, 6) is 0. The van der Waals surface area contributed by atoms with Crippen molar-refractivity contribution in [2.24, 2.45) is 0 Å². The van der Waals surface area contributed by atoms with Gasteiger partial charge in [0.05, 0.1) is 6.42 Å². The standard InChI is InChI=1S/C14H20ClF3N2/c1-4-19-10(2)12-6-5-11(9-13(12)15)20(3)8-7-14(16,17)18/h5-6,9-10,19H,4,7-8H2,1-3H3. The zero-order chi connectivity index (χ0) is 15.3. The summed E-state index contributed by atoms with van der Waals surface area (Å²) in [5.41, 5.74) is 1.63. The van der Waals surface area contributed by atoms with Crippen LogP contribution in [0.1, 0.15) is 31.9 Å². The van der Waals surface area contributed by atoms with Crippen molar-refractivity contribution < 1.29 is 13.2 Å². The number of hydrogen-bond donors (Lipinski definition) is 1. The smallest absolute Gasteiger partial charge is 0.374 e. The van der Waals surface area contributed by atoms with Crippen molar-refractivity contribution in [1.29, 1.82) is 0 Å². The monoisotopic (exact) mass is 308 g/mol. The number of alkyl halides is 3. The van der Waals surface area contributed by atoms with Crippen LogP contribution in [0.4, 0.5) is 18.9 Å². The number of halogens is 4. The van der Waals surface area contributed by atoms with Crippen molar-refractivity contribution in [3.05, 3.63) is 28.8 Å². The second kappa shape index (κ2) is 7.18. The first-order chi connectivity index (χ1) is 9.24. The van der Waals surface area contributed by atoms with Crippen LogP contribution in [0.2, 0.25) is 5.02 Å². The van der Waals surface area contributed by atoms with Gasteiger partial charge in [-0.15, -0.1) is 0 Å². The molecule has 1 atom stereocenters. The molecule has 0 amide bonds. The molecule has 1 aromatic carbocycles. The lowest BCUT2D eigenvalue weighted by molar-refractivity contribution is -0.132. The van der Waals surface area contributed by atoms with Gasteiger partial charge in [0.25, 0.3) is 0 Å². The molecule has 1 unspecified atom stereocenters. The van der Waals surface area contributed by atoms with E-state index in [0.717, 1.165) is 12.1 Å². The van der Waals surface area contributed by atoms with E-state index in [2.05, 4.69) is 5.32 Å². The van der Waals surface area contributed by atoms with Gasteiger partial charge in [0.15, 0.2) is 0 Å². The second-order valence-electron chi connectivity index (χ2n) is 4.77. The fraction of sp³-hybridized carbons (Fsp3) is 0.571. The zero-order valence-corrected chi connectivity index (χ0v) is 12.6. The molecule has 0 spiro atoms. The van der Waals surface area contributed by atoms with E-state index < -0.39 is 12.6 Å². The molecule has 0 aromatic heterocycles. The normalized spacial score (nSPS) is 13.3. The Kier molecular flexibility index (Phi) is 6.14. The van der Waals surface area contributed by atoms with Gasteiger partial charge in [-0.1, -0.05) is 24.6 Å². The molecule has 1 aromatic rings. The van der Waals surface area contributed by atoms with Crippen LogP contribution in [-0.2, 0) is 0 Å². The lowest BCUT2D eigenvalue weighted by atomic mass is 10.1. The second-order valence-corrected chi connectivity index (χ2v) is 5.18. The highest BCUT2D eigenvalue weighted by Crippen LogP contribution is 2.28. The number of anilines is 1. The Bertz CT molecular complexity index is 435. The third kappa shape index (κ3) is 5.21. The maximum Gasteiger partial charge on any atom is 0.390 e. The van der Waals surface area contributed by atoms with Gasteiger partial charge in [-0.3, -0.25) is 0 Å². The van der Waals surface area contributed by atoms with Crippen LogP contribution in [0.15, 0.2) is 18.2 Å². The van der Waals surface area contributed by atoms with Gasteiger partial charge in [0.2, 0.25) is 0 Å². The van der Waals surface area contributed by atoms with E-state index >= 15 is 0 Å². The minimum atomic E-state index is -4.14. The molecule has 0 heterocycles. The van der Waals surface area contributed by atoms with Crippen molar-refractivity contribution in [2.75, 3.05) is 25.0 Å². The number of rotatable bonds is 6. The predicted octanol–water partition coefficient (Wildman–Crippen LogP) is 4.40. The highest BCUT2D eigenvalue weighted by atomic mass is 35.5. The Hall–Kier alpha value is -0.940. The molecular weight excluding hydrogens is 289 g/mol. The molecule has 0 fully saturated rings. The summed E-state index contributed by atoms with van der Waals surface area (Å²) in [5, 5.41) is 3.81. The Morgan fingerprint density at radius 2 is 2.00 bits per heavy atom. The molecule has 1 N–H and O–H groups in total. The largest absolute Gasteiger partial charge is 0.390 e. The van der Waals surface area contributed by atoms with Crippen LogP contribution < -0.4 is 10.2 Å². The number of benzene rings is 1. The van der Waals surface area contributed by atoms with E-state index in [1.807, 2.05) is 19.9 Å². The Balaban J connectivity index is 2.76. The maximum atomic E-state index is 12.2. The molecule has 6 heteroatoms. The SMILES string of the molecule is CCNC(C)c1ccc(N(C)CCC(F)(F)F)cc1Cl. The van der Waals surface area contributed by atoms with Crippen LogP contribution in [0.25, 0.3) is 0 Å². The first-order valence-corrected chi connectivity index (χ1v) is 6.93. The van der Waals surface area contributed by atoms with E-state index in [4.69, 9.17) is 11.6 Å². The van der Waals surface area contributed by atoms with Crippen molar-refractivity contribution >= 4 is 17.3 Å².